The lowest BCUT2D eigenvalue weighted by Crippen LogP contribution is -2.37. The van der Waals surface area contributed by atoms with Crippen LogP contribution in [0.3, 0.4) is 0 Å². The molecule has 0 radical (unpaired) electrons. The van der Waals surface area contributed by atoms with Gasteiger partial charge >= 0.3 is 0 Å². The molecule has 21 heavy (non-hydrogen) atoms. The minimum atomic E-state index is -0.138. The summed E-state index contributed by atoms with van der Waals surface area (Å²) < 4.78 is 0. The lowest BCUT2D eigenvalue weighted by atomic mass is 9.85. The Kier molecular flexibility index (Phi) is 2.82. The number of nitrogens with zero attached hydrogens (tertiary/aromatic N) is 1. The first-order valence-electron chi connectivity index (χ1n) is 7.19. The third-order valence-electron chi connectivity index (χ3n) is 4.86. The van der Waals surface area contributed by atoms with Gasteiger partial charge in [0.05, 0.1) is 29.2 Å². The zero-order valence-corrected chi connectivity index (χ0v) is 12.1. The zero-order valence-electron chi connectivity index (χ0n) is 11.3. The summed E-state index contributed by atoms with van der Waals surface area (Å²) in [4.78, 5) is 26.3. The number of benzene rings is 1. The number of likely N-dealkylation sites (tertiary alicyclic amines) is 1. The van der Waals surface area contributed by atoms with Crippen LogP contribution in [0.1, 0.15) is 6.42 Å². The quantitative estimate of drug-likeness (QED) is 0.689. The lowest BCUT2D eigenvalue weighted by Gasteiger charge is -2.18. The van der Waals surface area contributed by atoms with E-state index in [1.165, 1.54) is 4.90 Å². The van der Waals surface area contributed by atoms with Crippen LogP contribution < -0.4 is 5.32 Å². The number of hydrogen-bond acceptors (Lipinski definition) is 3. The molecule has 0 aromatic heterocycles. The predicted octanol–water partition coefficient (Wildman–Crippen LogP) is 2.52. The fourth-order valence-corrected chi connectivity index (χ4v) is 4.09. The number of hydrogen-bond donors (Lipinski definition) is 1. The van der Waals surface area contributed by atoms with Crippen LogP contribution in [0.15, 0.2) is 36.4 Å². The zero-order chi connectivity index (χ0) is 14.6. The van der Waals surface area contributed by atoms with Crippen LogP contribution in [0.2, 0.25) is 5.02 Å². The molecule has 4 atom stereocenters. The molecule has 1 N–H and O–H groups in total. The van der Waals surface area contributed by atoms with Crippen molar-refractivity contribution in [1.29, 1.82) is 0 Å². The molecule has 1 aromatic rings. The molecule has 108 valence electrons. The molecule has 4 nitrogen and oxygen atoms in total. The maximum Gasteiger partial charge on any atom is 0.235 e. The van der Waals surface area contributed by atoms with Crippen LogP contribution in [0, 0.1) is 23.7 Å². The Hall–Kier alpha value is -1.81. The highest BCUT2D eigenvalue weighted by Gasteiger charge is 2.59. The Balaban J connectivity index is 1.51. The molecule has 1 aliphatic heterocycles. The van der Waals surface area contributed by atoms with Crippen LogP contribution in [0.25, 0.3) is 0 Å². The molecule has 3 aliphatic rings. The van der Waals surface area contributed by atoms with Crippen molar-refractivity contribution in [2.75, 3.05) is 12.0 Å². The fraction of sp³-hybridized carbons (Fsp3) is 0.375. The number of nitrogens with one attached hydrogen (secondary N) is 1. The molecule has 1 saturated heterocycles. The van der Waals surface area contributed by atoms with Gasteiger partial charge in [0.15, 0.2) is 0 Å². The number of carbonyl (C=O) groups excluding carboxylic acids is 2. The molecule has 2 bridgehead atoms. The van der Waals surface area contributed by atoms with Crippen molar-refractivity contribution < 1.29 is 9.59 Å². The Labute approximate surface area is 127 Å². The minimum Gasteiger partial charge on any atom is -0.366 e. The highest BCUT2D eigenvalue weighted by atomic mass is 35.5. The van der Waals surface area contributed by atoms with E-state index in [-0.39, 0.29) is 42.2 Å². The first-order chi connectivity index (χ1) is 10.2. The second kappa shape index (κ2) is 4.60. The SMILES string of the molecule is O=C1[C@@H]2[C@H](C(=O)N1CNc1ccccc1Cl)[C@@H]1C=C[C@H]2C1. The Bertz CT molecular complexity index is 627. The predicted molar refractivity (Wildman–Crippen MR) is 79.5 cm³/mol. The molecule has 1 aromatic carbocycles. The lowest BCUT2D eigenvalue weighted by molar-refractivity contribution is -0.140. The number of imide groups is 1. The molecule has 0 spiro atoms. The summed E-state index contributed by atoms with van der Waals surface area (Å²) in [6, 6.07) is 7.31. The summed E-state index contributed by atoms with van der Waals surface area (Å²) in [5.74, 6) is 0.146. The number of anilines is 1. The molecule has 2 fully saturated rings. The molecule has 4 rings (SSSR count). The van der Waals surface area contributed by atoms with Crippen molar-refractivity contribution >= 4 is 29.1 Å². The summed E-state index contributed by atoms with van der Waals surface area (Å²) in [6.07, 6.45) is 5.16. The molecule has 5 heteroatoms. The standard InChI is InChI=1S/C16H15ClN2O2/c17-11-3-1-2-4-12(11)18-8-19-15(20)13-9-5-6-10(7-9)14(13)16(19)21/h1-6,9-10,13-14,18H,7-8H2/t9-,10+,13-,14+. The van der Waals surface area contributed by atoms with Crippen LogP contribution >= 0.6 is 11.6 Å². The van der Waals surface area contributed by atoms with E-state index in [0.717, 1.165) is 12.1 Å². The summed E-state index contributed by atoms with van der Waals surface area (Å²) in [5, 5.41) is 3.67. The van der Waals surface area contributed by atoms with Crippen LogP contribution in [-0.4, -0.2) is 23.4 Å². The van der Waals surface area contributed by atoms with Gasteiger partial charge in [0.1, 0.15) is 0 Å². The molecule has 1 heterocycles. The maximum absolute atomic E-state index is 12.5. The average Bonchev–Trinajstić information content (AvgIpc) is 3.14. The molecule has 2 aliphatic carbocycles. The number of carbonyl (C=O) groups is 2. The van der Waals surface area contributed by atoms with Gasteiger partial charge in [-0.2, -0.15) is 0 Å². The maximum atomic E-state index is 12.5. The number of amides is 2. The summed E-state index contributed by atoms with van der Waals surface area (Å²) in [6.45, 7) is 0.188. The van der Waals surface area contributed by atoms with Gasteiger partial charge < -0.3 is 5.32 Å². The van der Waals surface area contributed by atoms with Gasteiger partial charge in [0.2, 0.25) is 11.8 Å². The average molecular weight is 303 g/mol. The highest BCUT2D eigenvalue weighted by Crippen LogP contribution is 2.52. The Morgan fingerprint density at radius 3 is 2.33 bits per heavy atom. The normalized spacial score (nSPS) is 32.9. The molecule has 1 saturated carbocycles. The van der Waals surface area contributed by atoms with Gasteiger partial charge in [-0.25, -0.2) is 0 Å². The smallest absolute Gasteiger partial charge is 0.235 e. The van der Waals surface area contributed by atoms with E-state index in [0.29, 0.717) is 5.02 Å². The van der Waals surface area contributed by atoms with E-state index in [4.69, 9.17) is 11.6 Å². The van der Waals surface area contributed by atoms with Gasteiger partial charge in [-0.1, -0.05) is 35.9 Å². The first-order valence-corrected chi connectivity index (χ1v) is 7.56. The van der Waals surface area contributed by atoms with E-state index in [1.807, 2.05) is 18.2 Å². The largest absolute Gasteiger partial charge is 0.366 e. The van der Waals surface area contributed by atoms with Gasteiger partial charge in [-0.3, -0.25) is 14.5 Å². The van der Waals surface area contributed by atoms with E-state index >= 15 is 0 Å². The van der Waals surface area contributed by atoms with Crippen molar-refractivity contribution in [3.8, 4) is 0 Å². The van der Waals surface area contributed by atoms with Crippen LogP contribution in [0.4, 0.5) is 5.69 Å². The fourth-order valence-electron chi connectivity index (χ4n) is 3.89. The molecular formula is C16H15ClN2O2. The molecule has 2 amide bonds. The van der Waals surface area contributed by atoms with Crippen molar-refractivity contribution in [3.05, 3.63) is 41.4 Å². The number of allylic oxidation sites excluding steroid dienone is 2. The van der Waals surface area contributed by atoms with Gasteiger partial charge in [-0.05, 0) is 30.4 Å². The molecule has 0 unspecified atom stereocenters. The van der Waals surface area contributed by atoms with Gasteiger partial charge in [-0.15, -0.1) is 0 Å². The van der Waals surface area contributed by atoms with Crippen molar-refractivity contribution in [1.82, 2.24) is 4.90 Å². The number of fused-ring (bicyclic) bond motifs is 5. The third kappa shape index (κ3) is 1.82. The topological polar surface area (TPSA) is 49.4 Å². The van der Waals surface area contributed by atoms with E-state index in [2.05, 4.69) is 17.5 Å². The van der Waals surface area contributed by atoms with E-state index < -0.39 is 0 Å². The van der Waals surface area contributed by atoms with Gasteiger partial charge in [0.25, 0.3) is 0 Å². The highest BCUT2D eigenvalue weighted by molar-refractivity contribution is 6.33. The Morgan fingerprint density at radius 1 is 1.10 bits per heavy atom. The number of halogens is 1. The van der Waals surface area contributed by atoms with E-state index in [1.54, 1.807) is 6.07 Å². The third-order valence-corrected chi connectivity index (χ3v) is 5.19. The van der Waals surface area contributed by atoms with E-state index in [9.17, 15) is 9.59 Å². The summed E-state index contributed by atoms with van der Waals surface area (Å²) in [7, 11) is 0. The van der Waals surface area contributed by atoms with Crippen molar-refractivity contribution in [2.24, 2.45) is 23.7 Å². The van der Waals surface area contributed by atoms with Gasteiger partial charge in [0, 0.05) is 0 Å². The second-order valence-electron chi connectivity index (χ2n) is 5.92. The van der Waals surface area contributed by atoms with Crippen molar-refractivity contribution in [3.63, 3.8) is 0 Å². The second-order valence-corrected chi connectivity index (χ2v) is 6.33. The van der Waals surface area contributed by atoms with Crippen molar-refractivity contribution in [2.45, 2.75) is 6.42 Å². The van der Waals surface area contributed by atoms with Crippen LogP contribution in [0.5, 0.6) is 0 Å². The first kappa shape index (κ1) is 12.9. The molecular weight excluding hydrogens is 288 g/mol. The summed E-state index contributed by atoms with van der Waals surface area (Å²) >= 11 is 6.07. The Morgan fingerprint density at radius 2 is 1.71 bits per heavy atom. The van der Waals surface area contributed by atoms with Crippen LogP contribution in [-0.2, 0) is 9.59 Å². The monoisotopic (exact) mass is 302 g/mol. The summed E-state index contributed by atoms with van der Waals surface area (Å²) in [5.41, 5.74) is 0.734. The number of para-hydroxylation sites is 1. The number of rotatable bonds is 3. The minimum absolute atomic E-state index is 0.0404.